The third-order valence-corrected chi connectivity index (χ3v) is 6.77. The molecule has 0 amide bonds. The van der Waals surface area contributed by atoms with Crippen LogP contribution < -0.4 is 5.43 Å². The van der Waals surface area contributed by atoms with Crippen LogP contribution in [0.5, 0.6) is 0 Å². The van der Waals surface area contributed by atoms with Crippen molar-refractivity contribution in [1.29, 1.82) is 0 Å². The Morgan fingerprint density at radius 3 is 2.59 bits per heavy atom. The molecule has 0 aliphatic carbocycles. The summed E-state index contributed by atoms with van der Waals surface area (Å²) in [5, 5.41) is 11.0. The number of oxime groups is 1. The van der Waals surface area contributed by atoms with Crippen molar-refractivity contribution >= 4 is 62.5 Å². The first kappa shape index (κ1) is 22.8. The van der Waals surface area contributed by atoms with Crippen LogP contribution in [0, 0.1) is 6.92 Å². The lowest BCUT2D eigenvalue weighted by atomic mass is 10.1. The van der Waals surface area contributed by atoms with Crippen LogP contribution in [0.3, 0.4) is 0 Å². The van der Waals surface area contributed by atoms with Crippen molar-refractivity contribution in [2.45, 2.75) is 13.0 Å². The molecule has 2 aromatic carbocycles. The van der Waals surface area contributed by atoms with Crippen LogP contribution in [-0.2, 0) is 4.84 Å². The van der Waals surface area contributed by atoms with Gasteiger partial charge in [-0.15, -0.1) is 0 Å². The Morgan fingerprint density at radius 1 is 1.22 bits per heavy atom. The lowest BCUT2D eigenvalue weighted by Crippen LogP contribution is -2.47. The van der Waals surface area contributed by atoms with Gasteiger partial charge in [0.1, 0.15) is 28.1 Å². The smallest absolute Gasteiger partial charge is 0.360 e. The Morgan fingerprint density at radius 2 is 1.91 bits per heavy atom. The molecule has 1 aromatic heterocycles. The highest BCUT2D eigenvalue weighted by molar-refractivity contribution is 8.33. The van der Waals surface area contributed by atoms with Crippen molar-refractivity contribution in [2.75, 3.05) is 7.05 Å². The average molecular weight is 507 g/mol. The maximum Gasteiger partial charge on any atom is 0.371 e. The zero-order valence-electron chi connectivity index (χ0n) is 16.8. The van der Waals surface area contributed by atoms with Crippen LogP contribution in [0.4, 0.5) is 0 Å². The van der Waals surface area contributed by atoms with E-state index in [1.54, 1.807) is 30.1 Å². The quantitative estimate of drug-likeness (QED) is 0.276. The predicted octanol–water partition coefficient (Wildman–Crippen LogP) is 5.64. The number of carbonyl (C=O) groups is 1. The number of nitrogens with zero attached hydrogens (tertiary/aromatic N) is 3. The third-order valence-electron chi connectivity index (χ3n) is 4.65. The van der Waals surface area contributed by atoms with Gasteiger partial charge in [0.05, 0.1) is 10.0 Å². The molecule has 1 N–H and O–H groups in total. The van der Waals surface area contributed by atoms with E-state index in [0.29, 0.717) is 25.0 Å². The van der Waals surface area contributed by atoms with Crippen molar-refractivity contribution in [3.05, 3.63) is 75.5 Å². The van der Waals surface area contributed by atoms with E-state index in [1.165, 1.54) is 11.8 Å². The molecular formula is C21H16Cl2N4O3S2. The first-order valence-corrected chi connectivity index (χ1v) is 11.3. The van der Waals surface area contributed by atoms with Gasteiger partial charge in [0.2, 0.25) is 0 Å². The van der Waals surface area contributed by atoms with Gasteiger partial charge in [-0.3, -0.25) is 5.01 Å². The number of hydrazine groups is 1. The van der Waals surface area contributed by atoms with E-state index >= 15 is 0 Å². The molecule has 11 heteroatoms. The number of hydrogen-bond acceptors (Lipinski definition) is 8. The fraction of sp³-hybridized carbons (Fsp3) is 0.143. The maximum absolute atomic E-state index is 13.0. The molecule has 164 valence electrons. The van der Waals surface area contributed by atoms with Crippen LogP contribution in [0.1, 0.15) is 27.7 Å². The van der Waals surface area contributed by atoms with Crippen LogP contribution in [0.2, 0.25) is 10.0 Å². The molecule has 7 nitrogen and oxygen atoms in total. The minimum atomic E-state index is -0.750. The van der Waals surface area contributed by atoms with Gasteiger partial charge >= 0.3 is 5.97 Å². The van der Waals surface area contributed by atoms with Crippen LogP contribution in [0.15, 0.2) is 58.2 Å². The molecule has 1 fully saturated rings. The fourth-order valence-electron chi connectivity index (χ4n) is 3.09. The van der Waals surface area contributed by atoms with E-state index in [1.807, 2.05) is 37.4 Å². The van der Waals surface area contributed by atoms with Gasteiger partial charge in [0, 0.05) is 12.6 Å². The highest BCUT2D eigenvalue weighted by Gasteiger charge is 2.31. The van der Waals surface area contributed by atoms with E-state index in [0.717, 1.165) is 5.56 Å². The largest absolute Gasteiger partial charge is 0.371 e. The first-order chi connectivity index (χ1) is 15.4. The molecule has 0 radical (unpaired) electrons. The molecule has 1 aliphatic heterocycles. The van der Waals surface area contributed by atoms with E-state index in [4.69, 9.17) is 44.8 Å². The number of halogens is 2. The summed E-state index contributed by atoms with van der Waals surface area (Å²) in [4.78, 5) is 18.3. The minimum absolute atomic E-state index is 0.0917. The van der Waals surface area contributed by atoms with Crippen molar-refractivity contribution in [2.24, 2.45) is 5.16 Å². The monoisotopic (exact) mass is 506 g/mol. The maximum atomic E-state index is 13.0. The summed E-state index contributed by atoms with van der Waals surface area (Å²) in [6, 6.07) is 14.3. The Kier molecular flexibility index (Phi) is 6.82. The van der Waals surface area contributed by atoms with E-state index < -0.39 is 5.97 Å². The average Bonchev–Trinajstić information content (AvgIpc) is 3.15. The molecule has 2 heterocycles. The summed E-state index contributed by atoms with van der Waals surface area (Å²) in [5.74, 6) is -0.495. The van der Waals surface area contributed by atoms with Crippen molar-refractivity contribution in [1.82, 2.24) is 15.6 Å². The molecule has 0 bridgehead atoms. The van der Waals surface area contributed by atoms with Gasteiger partial charge < -0.3 is 9.36 Å². The van der Waals surface area contributed by atoms with Crippen molar-refractivity contribution < 1.29 is 14.2 Å². The summed E-state index contributed by atoms with van der Waals surface area (Å²) < 4.78 is 5.77. The lowest BCUT2D eigenvalue weighted by molar-refractivity contribution is 0.0514. The summed E-state index contributed by atoms with van der Waals surface area (Å²) in [7, 11) is 1.81. The second-order valence-corrected chi connectivity index (χ2v) is 9.24. The molecule has 1 atom stereocenters. The first-order valence-electron chi connectivity index (χ1n) is 9.33. The highest BCUT2D eigenvalue weighted by Crippen LogP contribution is 2.37. The zero-order valence-corrected chi connectivity index (χ0v) is 20.0. The van der Waals surface area contributed by atoms with Gasteiger partial charge in [0.25, 0.3) is 0 Å². The molecule has 3 aromatic rings. The molecule has 1 saturated heterocycles. The number of nitrogens with one attached hydrogen (secondary N) is 1. The molecule has 1 aliphatic rings. The number of benzene rings is 2. The number of thiocarbonyl (C=S) groups is 1. The molecule has 32 heavy (non-hydrogen) atoms. The number of hydrogen-bond donors (Lipinski definition) is 1. The van der Waals surface area contributed by atoms with Crippen molar-refractivity contribution in [3.8, 4) is 11.3 Å². The minimum Gasteiger partial charge on any atom is -0.360 e. The summed E-state index contributed by atoms with van der Waals surface area (Å²) >= 11 is 19.2. The molecular weight excluding hydrogens is 491 g/mol. The van der Waals surface area contributed by atoms with Crippen LogP contribution in [0.25, 0.3) is 11.3 Å². The van der Waals surface area contributed by atoms with Crippen LogP contribution >= 0.6 is 47.2 Å². The molecule has 0 spiro atoms. The van der Waals surface area contributed by atoms with Gasteiger partial charge in [-0.25, -0.2) is 10.2 Å². The number of carbonyl (C=O) groups excluding carboxylic acids is 1. The molecule has 1 unspecified atom stereocenters. The second-order valence-electron chi connectivity index (χ2n) is 6.77. The lowest BCUT2D eigenvalue weighted by Gasteiger charge is -2.33. The number of rotatable bonds is 4. The van der Waals surface area contributed by atoms with Crippen LogP contribution in [-0.4, -0.2) is 32.5 Å². The van der Waals surface area contributed by atoms with E-state index in [2.05, 4.69) is 15.7 Å². The van der Waals surface area contributed by atoms with Crippen molar-refractivity contribution in [3.63, 3.8) is 0 Å². The second kappa shape index (κ2) is 9.60. The molecule has 0 saturated carbocycles. The van der Waals surface area contributed by atoms with Gasteiger partial charge in [0.15, 0.2) is 4.32 Å². The predicted molar refractivity (Wildman–Crippen MR) is 130 cm³/mol. The van der Waals surface area contributed by atoms with Gasteiger partial charge in [-0.1, -0.05) is 82.1 Å². The number of aryl methyl sites for hydroxylation is 1. The standard InChI is InChI=1S/C21H16Cl2N4O3S2/c1-11-15(18(25-29-11)16-13(22)9-6-10-14(16)23)20(28)30-26-19-17(12-7-4-3-5-8-12)24-27(2)21(31)32-19/h3-10,17,24H,1-2H3/b26-19+. The SMILES string of the molecule is Cc1onc(-c2c(Cl)cccc2Cl)c1C(=O)O/N=C1/SC(=S)N(C)NC1c1ccccc1. The number of thioether (sulfide) groups is 1. The summed E-state index contributed by atoms with van der Waals surface area (Å²) in [6.45, 7) is 1.60. The summed E-state index contributed by atoms with van der Waals surface area (Å²) in [6.07, 6.45) is 0. The zero-order chi connectivity index (χ0) is 22.8. The Hall–Kier alpha value is -2.43. The topological polar surface area (TPSA) is 80.0 Å². The Bertz CT molecular complexity index is 1200. The van der Waals surface area contributed by atoms with E-state index in [-0.39, 0.29) is 23.1 Å². The van der Waals surface area contributed by atoms with E-state index in [9.17, 15) is 4.79 Å². The molecule has 4 rings (SSSR count). The number of aromatic nitrogens is 1. The van der Waals surface area contributed by atoms with Gasteiger partial charge in [-0.2, -0.15) is 0 Å². The summed E-state index contributed by atoms with van der Waals surface area (Å²) in [5.41, 5.74) is 4.84. The highest BCUT2D eigenvalue weighted by atomic mass is 35.5. The normalized spacial score (nSPS) is 17.6. The van der Waals surface area contributed by atoms with Gasteiger partial charge in [-0.05, 0) is 36.4 Å². The fourth-order valence-corrected chi connectivity index (χ4v) is 4.73. The Balaban J connectivity index is 1.66. The Labute approximate surface area is 203 Å². The third kappa shape index (κ3) is 4.53.